The van der Waals surface area contributed by atoms with E-state index in [0.29, 0.717) is 19.0 Å². The molecule has 0 aromatic carbocycles. The normalized spacial score (nSPS) is 15.7. The number of pyridine rings is 1. The number of ether oxygens (including phenoxy) is 2. The van der Waals surface area contributed by atoms with Gasteiger partial charge in [0.2, 0.25) is 0 Å². The summed E-state index contributed by atoms with van der Waals surface area (Å²) in [5.74, 6) is 0.624. The largest absolute Gasteiger partial charge is 0.410 e. The Hall–Kier alpha value is -2.41. The summed E-state index contributed by atoms with van der Waals surface area (Å²) in [5.41, 5.74) is 8.55. The van der Waals surface area contributed by atoms with Gasteiger partial charge in [0.1, 0.15) is 0 Å². The molecule has 1 aliphatic heterocycles. The van der Waals surface area contributed by atoms with Gasteiger partial charge in [0.15, 0.2) is 5.75 Å². The van der Waals surface area contributed by atoms with Gasteiger partial charge in [-0.2, -0.15) is 5.10 Å². The molecule has 2 aromatic heterocycles. The second kappa shape index (κ2) is 6.15. The van der Waals surface area contributed by atoms with Crippen LogP contribution in [0.4, 0.5) is 4.79 Å². The lowest BCUT2D eigenvalue weighted by atomic mass is 9.94. The Balaban J connectivity index is 2.06. The molecule has 0 bridgehead atoms. The van der Waals surface area contributed by atoms with Crippen LogP contribution < -0.4 is 10.5 Å². The Morgan fingerprint density at radius 2 is 2.23 bits per heavy atom. The Labute approximate surface area is 127 Å². The van der Waals surface area contributed by atoms with Crippen LogP contribution in [-0.4, -0.2) is 34.5 Å². The first-order chi connectivity index (χ1) is 10.6. The first kappa shape index (κ1) is 14.5. The summed E-state index contributed by atoms with van der Waals surface area (Å²) in [6, 6.07) is 1.81. The number of primary amides is 1. The minimum atomic E-state index is -0.828. The molecule has 1 aliphatic rings. The molecule has 0 aliphatic carbocycles. The predicted molar refractivity (Wildman–Crippen MR) is 79.6 cm³/mol. The number of aryl methyl sites for hydroxylation is 1. The zero-order valence-corrected chi connectivity index (χ0v) is 12.3. The highest BCUT2D eigenvalue weighted by Crippen LogP contribution is 2.35. The monoisotopic (exact) mass is 302 g/mol. The molecule has 7 nitrogen and oxygen atoms in total. The molecule has 7 heteroatoms. The highest BCUT2D eigenvalue weighted by Gasteiger charge is 2.24. The van der Waals surface area contributed by atoms with Crippen molar-refractivity contribution in [2.75, 3.05) is 13.2 Å². The second-order valence-electron chi connectivity index (χ2n) is 5.33. The molecule has 3 N–H and O–H groups in total. The lowest BCUT2D eigenvalue weighted by molar-refractivity contribution is 0.0840. The lowest BCUT2D eigenvalue weighted by Crippen LogP contribution is -2.21. The van der Waals surface area contributed by atoms with Crippen molar-refractivity contribution in [3.05, 3.63) is 29.7 Å². The van der Waals surface area contributed by atoms with E-state index in [-0.39, 0.29) is 5.92 Å². The molecule has 0 spiro atoms. The van der Waals surface area contributed by atoms with E-state index in [1.54, 1.807) is 12.4 Å². The lowest BCUT2D eigenvalue weighted by Gasteiger charge is -2.24. The topological polar surface area (TPSA) is 103 Å². The zero-order valence-electron chi connectivity index (χ0n) is 12.3. The van der Waals surface area contributed by atoms with Gasteiger partial charge in [0.25, 0.3) is 0 Å². The molecule has 1 fully saturated rings. The standard InChI is InChI=1S/C15H18N4O3/c1-9-6-12(22-15(16)20)14(10-2-4-21-5-3-10)19-13(9)11-7-17-18-8-11/h6-8,10H,2-5H2,1H3,(H2,16,20)(H,17,18). The number of hydrogen-bond donors (Lipinski definition) is 2. The van der Waals surface area contributed by atoms with E-state index in [9.17, 15) is 4.79 Å². The summed E-state index contributed by atoms with van der Waals surface area (Å²) >= 11 is 0. The van der Waals surface area contributed by atoms with E-state index in [1.807, 2.05) is 13.0 Å². The number of nitrogens with zero attached hydrogens (tertiary/aromatic N) is 2. The third kappa shape index (κ3) is 2.94. The van der Waals surface area contributed by atoms with E-state index in [2.05, 4.69) is 10.2 Å². The van der Waals surface area contributed by atoms with Gasteiger partial charge in [-0.25, -0.2) is 9.78 Å². The Morgan fingerprint density at radius 3 is 2.86 bits per heavy atom. The van der Waals surface area contributed by atoms with E-state index >= 15 is 0 Å². The predicted octanol–water partition coefficient (Wildman–Crippen LogP) is 2.13. The molecule has 0 unspecified atom stereocenters. The van der Waals surface area contributed by atoms with Gasteiger partial charge in [-0.1, -0.05) is 0 Å². The maximum Gasteiger partial charge on any atom is 0.410 e. The molecular formula is C15H18N4O3. The molecule has 0 atom stereocenters. The Bertz CT molecular complexity index is 664. The molecule has 2 aromatic rings. The summed E-state index contributed by atoms with van der Waals surface area (Å²) in [6.07, 6.45) is 4.37. The number of aromatic amines is 1. The molecule has 116 valence electrons. The number of nitrogens with one attached hydrogen (secondary N) is 1. The molecule has 0 saturated carbocycles. The number of nitrogens with two attached hydrogens (primary N) is 1. The summed E-state index contributed by atoms with van der Waals surface area (Å²) < 4.78 is 10.6. The van der Waals surface area contributed by atoms with Crippen LogP contribution in [0.5, 0.6) is 5.75 Å². The van der Waals surface area contributed by atoms with Crippen LogP contribution in [-0.2, 0) is 4.74 Å². The highest BCUT2D eigenvalue weighted by molar-refractivity contribution is 5.70. The number of amides is 1. The number of hydrogen-bond acceptors (Lipinski definition) is 5. The quantitative estimate of drug-likeness (QED) is 0.904. The number of aromatic nitrogens is 3. The van der Waals surface area contributed by atoms with Gasteiger partial charge in [-0.3, -0.25) is 5.10 Å². The van der Waals surface area contributed by atoms with Crippen molar-refractivity contribution >= 4 is 6.09 Å². The van der Waals surface area contributed by atoms with Crippen LogP contribution in [0, 0.1) is 6.92 Å². The second-order valence-corrected chi connectivity index (χ2v) is 5.33. The molecule has 3 rings (SSSR count). The smallest absolute Gasteiger partial charge is 0.409 e. The van der Waals surface area contributed by atoms with Gasteiger partial charge >= 0.3 is 6.09 Å². The first-order valence-electron chi connectivity index (χ1n) is 7.21. The van der Waals surface area contributed by atoms with Gasteiger partial charge in [0, 0.05) is 30.9 Å². The van der Waals surface area contributed by atoms with Crippen LogP contribution in [0.3, 0.4) is 0 Å². The van der Waals surface area contributed by atoms with Crippen molar-refractivity contribution in [2.24, 2.45) is 5.73 Å². The van der Waals surface area contributed by atoms with Crippen molar-refractivity contribution in [1.82, 2.24) is 15.2 Å². The van der Waals surface area contributed by atoms with Gasteiger partial charge in [-0.15, -0.1) is 0 Å². The van der Waals surface area contributed by atoms with E-state index < -0.39 is 6.09 Å². The van der Waals surface area contributed by atoms with Crippen LogP contribution in [0.1, 0.15) is 30.0 Å². The summed E-state index contributed by atoms with van der Waals surface area (Å²) in [6.45, 7) is 3.27. The summed E-state index contributed by atoms with van der Waals surface area (Å²) in [4.78, 5) is 15.9. The van der Waals surface area contributed by atoms with Crippen molar-refractivity contribution in [3.63, 3.8) is 0 Å². The molecule has 0 radical (unpaired) electrons. The summed E-state index contributed by atoms with van der Waals surface area (Å²) in [7, 11) is 0. The summed E-state index contributed by atoms with van der Waals surface area (Å²) in [5, 5.41) is 6.75. The third-order valence-electron chi connectivity index (χ3n) is 3.80. The molecule has 1 saturated heterocycles. The van der Waals surface area contributed by atoms with E-state index in [4.69, 9.17) is 20.2 Å². The van der Waals surface area contributed by atoms with Crippen LogP contribution >= 0.6 is 0 Å². The Morgan fingerprint density at radius 1 is 1.45 bits per heavy atom. The van der Waals surface area contributed by atoms with Crippen LogP contribution in [0.25, 0.3) is 11.3 Å². The average Bonchev–Trinajstić information content (AvgIpc) is 3.02. The minimum absolute atomic E-state index is 0.189. The number of carbonyl (C=O) groups excluding carboxylic acids is 1. The number of H-pyrrole nitrogens is 1. The zero-order chi connectivity index (χ0) is 15.5. The van der Waals surface area contributed by atoms with Gasteiger partial charge in [-0.05, 0) is 31.4 Å². The Kier molecular flexibility index (Phi) is 4.06. The van der Waals surface area contributed by atoms with Crippen LogP contribution in [0.2, 0.25) is 0 Å². The van der Waals surface area contributed by atoms with Gasteiger partial charge < -0.3 is 15.2 Å². The number of rotatable bonds is 3. The number of carbonyl (C=O) groups is 1. The average molecular weight is 302 g/mol. The maximum atomic E-state index is 11.2. The van der Waals surface area contributed by atoms with Crippen molar-refractivity contribution in [3.8, 4) is 17.0 Å². The van der Waals surface area contributed by atoms with Gasteiger partial charge in [0.05, 0.1) is 17.6 Å². The maximum absolute atomic E-state index is 11.2. The van der Waals surface area contributed by atoms with E-state index in [0.717, 1.165) is 35.4 Å². The fraction of sp³-hybridized carbons (Fsp3) is 0.400. The SMILES string of the molecule is Cc1cc(OC(N)=O)c(C2CCOCC2)nc1-c1cn[nH]c1. The van der Waals surface area contributed by atoms with E-state index in [1.165, 1.54) is 0 Å². The fourth-order valence-electron chi connectivity index (χ4n) is 2.73. The van der Waals surface area contributed by atoms with Crippen molar-refractivity contribution in [2.45, 2.75) is 25.7 Å². The highest BCUT2D eigenvalue weighted by atomic mass is 16.5. The minimum Gasteiger partial charge on any atom is -0.409 e. The van der Waals surface area contributed by atoms with Crippen molar-refractivity contribution < 1.29 is 14.3 Å². The first-order valence-corrected chi connectivity index (χ1v) is 7.21. The van der Waals surface area contributed by atoms with Crippen LogP contribution in [0.15, 0.2) is 18.5 Å². The fourth-order valence-corrected chi connectivity index (χ4v) is 2.73. The molecule has 22 heavy (non-hydrogen) atoms. The molecule has 1 amide bonds. The van der Waals surface area contributed by atoms with Crippen molar-refractivity contribution in [1.29, 1.82) is 0 Å². The molecule has 3 heterocycles. The third-order valence-corrected chi connectivity index (χ3v) is 3.80. The molecular weight excluding hydrogens is 284 g/mol.